The molecule has 0 saturated heterocycles. The molecular weight excluding hydrogens is 601 g/mol. The van der Waals surface area contributed by atoms with Gasteiger partial charge in [-0.1, -0.05) is 78.1 Å². The number of hydrogen-bond donors (Lipinski definition) is 0. The molecule has 0 radical (unpaired) electrons. The number of rotatable bonds is 9. The Morgan fingerprint density at radius 2 is 1.70 bits per heavy atom. The maximum Gasteiger partial charge on any atom is 0.271 e. The van der Waals surface area contributed by atoms with Gasteiger partial charge in [0, 0.05) is 29.8 Å². The first-order valence-corrected chi connectivity index (χ1v) is 16.0. The van der Waals surface area contributed by atoms with Gasteiger partial charge in [-0.25, -0.2) is 9.38 Å². The highest BCUT2D eigenvalue weighted by atomic mass is 32.1. The zero-order valence-corrected chi connectivity index (χ0v) is 26.9. The summed E-state index contributed by atoms with van der Waals surface area (Å²) in [5.41, 5.74) is 2.53. The lowest BCUT2D eigenvalue weighted by molar-refractivity contribution is -0.127. The first kappa shape index (κ1) is 31.0. The summed E-state index contributed by atoms with van der Waals surface area (Å²) in [5.74, 6) is 0.567. The summed E-state index contributed by atoms with van der Waals surface area (Å²) in [5, 5.41) is 1.85. The Morgan fingerprint density at radius 1 is 0.978 bits per heavy atom. The van der Waals surface area contributed by atoms with Crippen LogP contribution in [0.3, 0.4) is 0 Å². The fraction of sp³-hybridized carbons (Fsp3) is 0.216. The monoisotopic (exact) mass is 635 g/mol. The van der Waals surface area contributed by atoms with Gasteiger partial charge in [0.05, 0.1) is 22.9 Å². The number of carbonyl (C=O) groups excluding carboxylic acids is 1. The number of likely N-dealkylation sites (N-methyl/N-ethyl adjacent to an activating group) is 1. The predicted molar refractivity (Wildman–Crippen MR) is 179 cm³/mol. The lowest BCUT2D eigenvalue weighted by atomic mass is 9.90. The van der Waals surface area contributed by atoms with E-state index < -0.39 is 6.04 Å². The van der Waals surface area contributed by atoms with Gasteiger partial charge in [-0.3, -0.25) is 14.2 Å². The van der Waals surface area contributed by atoms with E-state index >= 15 is 0 Å². The number of methoxy groups -OCH3 is 1. The van der Waals surface area contributed by atoms with E-state index in [-0.39, 0.29) is 23.9 Å². The number of fused-ring (bicyclic) bond motifs is 2. The maximum absolute atomic E-state index is 14.5. The number of benzene rings is 4. The number of ether oxygens (including phenoxy) is 2. The highest BCUT2D eigenvalue weighted by molar-refractivity contribution is 7.07. The van der Waals surface area contributed by atoms with E-state index in [9.17, 15) is 14.0 Å². The number of para-hydroxylation sites is 1. The Morgan fingerprint density at radius 3 is 2.46 bits per heavy atom. The van der Waals surface area contributed by atoms with Crippen LogP contribution in [0.2, 0.25) is 0 Å². The van der Waals surface area contributed by atoms with Crippen molar-refractivity contribution < 1.29 is 18.7 Å². The normalized spacial score (nSPS) is 14.6. The number of hydrogen-bond acceptors (Lipinski definition) is 6. The quantitative estimate of drug-likeness (QED) is 0.200. The van der Waals surface area contributed by atoms with Crippen LogP contribution in [-0.4, -0.2) is 35.6 Å². The first-order chi connectivity index (χ1) is 22.4. The highest BCUT2D eigenvalue weighted by Crippen LogP contribution is 2.40. The molecule has 9 heteroatoms. The van der Waals surface area contributed by atoms with E-state index in [0.717, 1.165) is 16.3 Å². The molecule has 0 spiro atoms. The molecule has 4 aromatic carbocycles. The van der Waals surface area contributed by atoms with E-state index in [1.54, 1.807) is 46.9 Å². The average molecular weight is 636 g/mol. The maximum atomic E-state index is 14.5. The van der Waals surface area contributed by atoms with Crippen molar-refractivity contribution in [3.63, 3.8) is 0 Å². The largest absolute Gasteiger partial charge is 0.496 e. The van der Waals surface area contributed by atoms with Crippen LogP contribution in [0.1, 0.15) is 43.5 Å². The van der Waals surface area contributed by atoms with Crippen LogP contribution in [0.15, 0.2) is 106 Å². The second-order valence-corrected chi connectivity index (χ2v) is 11.9. The Kier molecular flexibility index (Phi) is 8.85. The zero-order chi connectivity index (χ0) is 32.4. The van der Waals surface area contributed by atoms with E-state index in [4.69, 9.17) is 14.5 Å². The van der Waals surface area contributed by atoms with Crippen molar-refractivity contribution in [2.45, 2.75) is 33.4 Å². The molecule has 1 aromatic heterocycles. The summed E-state index contributed by atoms with van der Waals surface area (Å²) >= 11 is 1.25. The van der Waals surface area contributed by atoms with Gasteiger partial charge in [0.25, 0.3) is 11.5 Å². The molecule has 0 N–H and O–H groups in total. The van der Waals surface area contributed by atoms with E-state index in [1.807, 2.05) is 75.4 Å². The molecule has 5 aromatic rings. The summed E-state index contributed by atoms with van der Waals surface area (Å²) in [7, 11) is 1.60. The van der Waals surface area contributed by atoms with Gasteiger partial charge in [-0.15, -0.1) is 0 Å². The molecule has 1 aliphatic rings. The Balaban J connectivity index is 1.55. The summed E-state index contributed by atoms with van der Waals surface area (Å²) in [4.78, 5) is 35.7. The second kappa shape index (κ2) is 13.1. The molecule has 0 bridgehead atoms. The third kappa shape index (κ3) is 5.63. The van der Waals surface area contributed by atoms with Crippen LogP contribution >= 0.6 is 11.3 Å². The molecule has 0 fully saturated rings. The van der Waals surface area contributed by atoms with Gasteiger partial charge in [0.1, 0.15) is 30.0 Å². The minimum absolute atomic E-state index is 0.0374. The Labute approximate surface area is 270 Å². The van der Waals surface area contributed by atoms with E-state index in [1.165, 1.54) is 17.4 Å². The molecule has 234 valence electrons. The number of aromatic nitrogens is 1. The topological polar surface area (TPSA) is 73.1 Å². The molecule has 0 saturated carbocycles. The van der Waals surface area contributed by atoms with Gasteiger partial charge < -0.3 is 14.4 Å². The molecule has 1 amide bonds. The number of amides is 1. The number of thiazole rings is 1. The smallest absolute Gasteiger partial charge is 0.271 e. The van der Waals surface area contributed by atoms with Crippen molar-refractivity contribution in [2.24, 2.45) is 4.99 Å². The SMILES string of the molecule is CCN(CC)C(=O)C1=C(C)N=c2s/c(=C/c3ccccc3OCc3ccccc3F)c(=O)n2[C@H]1c1c(OC)ccc2ccccc12. The number of halogens is 1. The highest BCUT2D eigenvalue weighted by Gasteiger charge is 2.36. The molecule has 0 aliphatic carbocycles. The lowest BCUT2D eigenvalue weighted by Crippen LogP contribution is -2.43. The molecule has 2 heterocycles. The van der Waals surface area contributed by atoms with Crippen LogP contribution < -0.4 is 24.4 Å². The number of allylic oxidation sites excluding steroid dienone is 1. The molecule has 1 atom stereocenters. The third-order valence-electron chi connectivity index (χ3n) is 8.27. The van der Waals surface area contributed by atoms with Crippen molar-refractivity contribution >= 4 is 34.1 Å². The minimum atomic E-state index is -0.778. The zero-order valence-electron chi connectivity index (χ0n) is 26.1. The average Bonchev–Trinajstić information content (AvgIpc) is 3.37. The standard InChI is InChI=1S/C37H34FN3O4S/c1-5-40(6-2)36(43)32-23(3)39-37-41(34(32)33-27-16-10-7-13-24(27)19-20-30(33)44-4)35(42)31(46-37)21-25-14-9-12-18-29(25)45-22-26-15-8-11-17-28(26)38/h7-21,34H,5-6,22H2,1-4H3/b31-21+/t34-/m1/s1. The predicted octanol–water partition coefficient (Wildman–Crippen LogP) is 5.98. The minimum Gasteiger partial charge on any atom is -0.496 e. The third-order valence-corrected chi connectivity index (χ3v) is 9.26. The molecule has 7 nitrogen and oxygen atoms in total. The summed E-state index contributed by atoms with van der Waals surface area (Å²) in [6.07, 6.45) is 1.77. The van der Waals surface area contributed by atoms with Gasteiger partial charge >= 0.3 is 0 Å². The number of nitrogens with zero attached hydrogens (tertiary/aromatic N) is 3. The van der Waals surface area contributed by atoms with Crippen LogP contribution in [0.4, 0.5) is 4.39 Å². The molecule has 1 aliphatic heterocycles. The Bertz CT molecular complexity index is 2160. The van der Waals surface area contributed by atoms with Gasteiger partial charge in [0.2, 0.25) is 0 Å². The van der Waals surface area contributed by atoms with Crippen molar-refractivity contribution in [3.8, 4) is 11.5 Å². The summed E-state index contributed by atoms with van der Waals surface area (Å²) in [6.45, 7) is 6.76. The van der Waals surface area contributed by atoms with Crippen molar-refractivity contribution in [3.05, 3.63) is 138 Å². The fourth-order valence-corrected chi connectivity index (χ4v) is 6.97. The van der Waals surface area contributed by atoms with Crippen LogP contribution in [0.25, 0.3) is 16.8 Å². The van der Waals surface area contributed by atoms with Gasteiger partial charge in [-0.2, -0.15) is 0 Å². The number of carbonyl (C=O) groups is 1. The summed E-state index contributed by atoms with van der Waals surface area (Å²) < 4.78 is 28.2. The van der Waals surface area contributed by atoms with E-state index in [0.29, 0.717) is 56.3 Å². The molecule has 0 unspecified atom stereocenters. The Hall–Kier alpha value is -5.02. The fourth-order valence-electron chi connectivity index (χ4n) is 5.93. The van der Waals surface area contributed by atoms with Gasteiger partial charge in [0.15, 0.2) is 4.80 Å². The van der Waals surface area contributed by atoms with Crippen LogP contribution in [0.5, 0.6) is 11.5 Å². The molecule has 46 heavy (non-hydrogen) atoms. The van der Waals surface area contributed by atoms with Crippen molar-refractivity contribution in [1.82, 2.24) is 9.47 Å². The van der Waals surface area contributed by atoms with Gasteiger partial charge in [-0.05, 0) is 55.8 Å². The first-order valence-electron chi connectivity index (χ1n) is 15.2. The van der Waals surface area contributed by atoms with E-state index in [2.05, 4.69) is 0 Å². The molecular formula is C37H34FN3O4S. The van der Waals surface area contributed by atoms with Crippen LogP contribution in [-0.2, 0) is 11.4 Å². The summed E-state index contributed by atoms with van der Waals surface area (Å²) in [6, 6.07) is 24.8. The van der Waals surface area contributed by atoms with Crippen molar-refractivity contribution in [2.75, 3.05) is 20.2 Å². The lowest BCUT2D eigenvalue weighted by Gasteiger charge is -2.30. The van der Waals surface area contributed by atoms with Crippen LogP contribution in [0, 0.1) is 5.82 Å². The van der Waals surface area contributed by atoms with Crippen molar-refractivity contribution in [1.29, 1.82) is 0 Å². The second-order valence-electron chi connectivity index (χ2n) is 10.9. The molecule has 6 rings (SSSR count).